The van der Waals surface area contributed by atoms with Gasteiger partial charge in [-0.1, -0.05) is 11.6 Å². The predicted molar refractivity (Wildman–Crippen MR) is 190 cm³/mol. The molecule has 0 aliphatic rings. The van der Waals surface area contributed by atoms with E-state index >= 15 is 0 Å². The third kappa shape index (κ3) is 12.3. The summed E-state index contributed by atoms with van der Waals surface area (Å²) in [5.74, 6) is 2.57. The van der Waals surface area contributed by atoms with Gasteiger partial charge in [0.15, 0.2) is 5.15 Å². The molecule has 0 amide bonds. The van der Waals surface area contributed by atoms with Crippen molar-refractivity contribution in [1.82, 2.24) is 43.1 Å². The van der Waals surface area contributed by atoms with E-state index in [1.165, 1.54) is 28.1 Å². The van der Waals surface area contributed by atoms with Crippen molar-refractivity contribution < 1.29 is 29.0 Å². The van der Waals surface area contributed by atoms with Crippen molar-refractivity contribution in [2.45, 2.75) is 62.3 Å². The Morgan fingerprint density at radius 2 is 0.880 bits per heavy atom. The number of aliphatic carboxylic acids is 1. The molecule has 0 fully saturated rings. The van der Waals surface area contributed by atoms with Crippen molar-refractivity contribution in [2.24, 2.45) is 0 Å². The van der Waals surface area contributed by atoms with Crippen LogP contribution in [0.4, 0.5) is 11.6 Å². The minimum absolute atomic E-state index is 0.245. The minimum Gasteiger partial charge on any atom is -0.481 e. The number of ether oxygens (including phenoxy) is 2. The number of carboxylic acids is 1. The number of carbonyl (C=O) groups excluding carboxylic acids is 2. The maximum absolute atomic E-state index is 9.59. The maximum Gasteiger partial charge on any atom is 0.302 e. The molecule has 0 saturated heterocycles. The zero-order chi connectivity index (χ0) is 38.3. The third-order valence-electron chi connectivity index (χ3n) is 6.30. The van der Waals surface area contributed by atoms with Gasteiger partial charge in [-0.2, -0.15) is 0 Å². The number of halogens is 1. The highest BCUT2D eigenvalue weighted by atomic mass is 35.5. The van der Waals surface area contributed by atoms with Gasteiger partial charge in [0.2, 0.25) is 0 Å². The van der Waals surface area contributed by atoms with E-state index in [4.69, 9.17) is 33.0 Å². The van der Waals surface area contributed by atoms with Gasteiger partial charge < -0.3 is 26.0 Å². The summed E-state index contributed by atoms with van der Waals surface area (Å²) in [4.78, 5) is 53.0. The number of nitrogens with zero attached hydrogens (tertiary/aromatic N) is 9. The maximum atomic E-state index is 9.59. The van der Waals surface area contributed by atoms with E-state index in [-0.39, 0.29) is 11.9 Å². The van der Waals surface area contributed by atoms with Gasteiger partial charge in [-0.25, -0.2) is 29.9 Å². The quantitative estimate of drug-likeness (QED) is 0.186. The number of carboxylic acid groups (broad SMARTS) is 1. The molecule has 0 spiro atoms. The van der Waals surface area contributed by atoms with Crippen molar-refractivity contribution in [3.8, 4) is 0 Å². The number of rotatable bonds is 0. The second-order valence-electron chi connectivity index (χ2n) is 10.1. The fraction of sp³-hybridized carbons (Fsp3) is 0.344. The lowest BCUT2D eigenvalue weighted by molar-refractivity contribution is -0.138. The summed E-state index contributed by atoms with van der Waals surface area (Å²) in [7, 11) is 2.70. The van der Waals surface area contributed by atoms with Crippen LogP contribution >= 0.6 is 11.6 Å². The van der Waals surface area contributed by atoms with Crippen molar-refractivity contribution in [2.75, 3.05) is 25.7 Å². The van der Waals surface area contributed by atoms with Crippen molar-refractivity contribution >= 4 is 57.7 Å². The SMILES string of the molecule is CC(=O)O.COC(C)=O.COC(C)=O.Cc1nc(C)n2ccnc(Cl)c12.Cc1nc(C)n2ccnc(N)c12.Cc1nc(C)n2ccnc(N)c12. The Kier molecular flexibility index (Phi) is 16.8. The minimum atomic E-state index is -0.833. The van der Waals surface area contributed by atoms with Gasteiger partial charge in [0.05, 0.1) is 31.3 Å². The molecule has 0 aliphatic heterocycles. The second kappa shape index (κ2) is 19.9. The Morgan fingerprint density at radius 1 is 0.620 bits per heavy atom. The molecule has 6 rings (SSSR count). The fourth-order valence-electron chi connectivity index (χ4n) is 4.18. The number of hydrogen-bond acceptors (Lipinski definition) is 13. The lowest BCUT2D eigenvalue weighted by atomic mass is 10.4. The molecule has 0 unspecified atom stereocenters. The Labute approximate surface area is 294 Å². The smallest absolute Gasteiger partial charge is 0.302 e. The lowest BCUT2D eigenvalue weighted by Gasteiger charge is -1.97. The molecule has 17 nitrogen and oxygen atoms in total. The van der Waals surface area contributed by atoms with Crippen LogP contribution in [0.5, 0.6) is 0 Å². The average molecular weight is 714 g/mol. The van der Waals surface area contributed by atoms with Crippen molar-refractivity contribution in [3.05, 3.63) is 76.9 Å². The average Bonchev–Trinajstić information content (AvgIpc) is 3.63. The van der Waals surface area contributed by atoms with E-state index in [9.17, 15) is 9.59 Å². The van der Waals surface area contributed by atoms with Crippen LogP contribution in [0.2, 0.25) is 5.15 Å². The number of aromatic nitrogens is 9. The van der Waals surface area contributed by atoms with Gasteiger partial charge in [0.25, 0.3) is 5.97 Å². The summed E-state index contributed by atoms with van der Waals surface area (Å²) >= 11 is 5.90. The molecule has 6 aromatic heterocycles. The Morgan fingerprint density at radius 3 is 1.14 bits per heavy atom. The first-order valence-electron chi connectivity index (χ1n) is 14.7. The van der Waals surface area contributed by atoms with Gasteiger partial charge in [0, 0.05) is 58.0 Å². The molecule has 0 saturated carbocycles. The molecule has 0 atom stereocenters. The van der Waals surface area contributed by atoms with E-state index in [0.717, 1.165) is 58.0 Å². The number of aryl methyl sites for hydroxylation is 6. The summed E-state index contributed by atoms with van der Waals surface area (Å²) in [6.07, 6.45) is 10.6. The van der Waals surface area contributed by atoms with Crippen molar-refractivity contribution in [3.63, 3.8) is 0 Å². The first-order valence-corrected chi connectivity index (χ1v) is 15.1. The number of anilines is 2. The molecule has 6 aromatic rings. The standard InChI is InChI=1S/C8H8ClN3.2C8H10N4.2C3H6O2.C2H4O2/c3*1-5-7-8(9)10-3-4-12(7)6(2)11-5;2*1-3(4)5-2;1-2(3)4/h3-4H,1-2H3;2*3-4H,1-2H3,(H2,9,10);2*1-2H3;1H3,(H,3,4). The molecule has 0 aromatic carbocycles. The van der Waals surface area contributed by atoms with Crippen LogP contribution in [0.15, 0.2) is 37.2 Å². The van der Waals surface area contributed by atoms with Gasteiger partial charge in [-0.3, -0.25) is 27.6 Å². The van der Waals surface area contributed by atoms with E-state index in [0.29, 0.717) is 16.8 Å². The summed E-state index contributed by atoms with van der Waals surface area (Å²) in [5, 5.41) is 7.93. The molecule has 5 N–H and O–H groups in total. The largest absolute Gasteiger partial charge is 0.481 e. The number of nitrogen functional groups attached to an aromatic ring is 2. The third-order valence-corrected chi connectivity index (χ3v) is 6.58. The van der Waals surface area contributed by atoms with Gasteiger partial charge in [-0.05, 0) is 41.5 Å². The van der Waals surface area contributed by atoms with Crippen LogP contribution in [0.25, 0.3) is 16.6 Å². The number of fused-ring (bicyclic) bond motifs is 3. The Balaban J connectivity index is 0.000000317. The number of imidazole rings is 3. The lowest BCUT2D eigenvalue weighted by Crippen LogP contribution is -1.95. The first kappa shape index (κ1) is 42.2. The van der Waals surface area contributed by atoms with Crippen LogP contribution in [-0.2, 0) is 23.9 Å². The van der Waals surface area contributed by atoms with Crippen LogP contribution < -0.4 is 11.5 Å². The molecular weight excluding hydrogens is 670 g/mol. The summed E-state index contributed by atoms with van der Waals surface area (Å²) < 4.78 is 14.0. The zero-order valence-corrected chi connectivity index (χ0v) is 30.8. The first-order chi connectivity index (χ1) is 23.4. The van der Waals surface area contributed by atoms with E-state index in [1.807, 2.05) is 73.3 Å². The second-order valence-corrected chi connectivity index (χ2v) is 10.5. The van der Waals surface area contributed by atoms with E-state index < -0.39 is 5.97 Å². The molecule has 0 radical (unpaired) electrons. The number of esters is 2. The van der Waals surface area contributed by atoms with Crippen LogP contribution in [0.1, 0.15) is 55.3 Å². The molecule has 6 heterocycles. The van der Waals surface area contributed by atoms with Crippen molar-refractivity contribution in [1.29, 1.82) is 0 Å². The molecule has 0 bridgehead atoms. The van der Waals surface area contributed by atoms with Gasteiger partial charge in [0.1, 0.15) is 45.7 Å². The fourth-order valence-corrected chi connectivity index (χ4v) is 4.46. The Hall–Kier alpha value is -5.84. The van der Waals surface area contributed by atoms with Gasteiger partial charge >= 0.3 is 11.9 Å². The van der Waals surface area contributed by atoms with Gasteiger partial charge in [-0.15, -0.1) is 0 Å². The van der Waals surface area contributed by atoms with E-state index in [2.05, 4.69) is 39.4 Å². The normalized spacial score (nSPS) is 9.68. The van der Waals surface area contributed by atoms with Crippen LogP contribution in [-0.4, -0.2) is 80.3 Å². The number of hydrogen-bond donors (Lipinski definition) is 3. The molecule has 50 heavy (non-hydrogen) atoms. The highest BCUT2D eigenvalue weighted by Gasteiger charge is 2.08. The highest BCUT2D eigenvalue weighted by molar-refractivity contribution is 6.32. The monoisotopic (exact) mass is 713 g/mol. The highest BCUT2D eigenvalue weighted by Crippen LogP contribution is 2.19. The topological polar surface area (TPSA) is 233 Å². The summed E-state index contributed by atoms with van der Waals surface area (Å²) in [6.45, 7) is 15.4. The molecule has 18 heteroatoms. The van der Waals surface area contributed by atoms with Crippen LogP contribution in [0.3, 0.4) is 0 Å². The summed E-state index contributed by atoms with van der Waals surface area (Å²) in [6, 6.07) is 0. The molecule has 0 aliphatic carbocycles. The predicted octanol–water partition coefficient (Wildman–Crippen LogP) is 4.31. The van der Waals surface area contributed by atoms with Crippen LogP contribution in [0, 0.1) is 41.5 Å². The number of methoxy groups -OCH3 is 2. The Bertz CT molecular complexity index is 1840. The van der Waals surface area contributed by atoms with E-state index in [1.54, 1.807) is 18.6 Å². The number of carbonyl (C=O) groups is 3. The molecular formula is C32H44ClN11O6. The summed E-state index contributed by atoms with van der Waals surface area (Å²) in [5.41, 5.74) is 16.9. The number of nitrogens with two attached hydrogens (primary N) is 2. The molecule has 270 valence electrons. The zero-order valence-electron chi connectivity index (χ0n) is 30.0.